The Morgan fingerprint density at radius 1 is 0.548 bits per heavy atom. The number of aliphatic hydroxyl groups is 3. The molecule has 1 aliphatic rings. The number of esters is 2. The SMILES string of the molecule is CCCCC/C=C/C/C=C/C/C=C/CCCCCCC(=O)O[C@H](COC(=O)CCCCCCCCCCCCCCCCCCC)CO[C@H]1O[C@H](CS(=O)(=O)O)[C@@H](O)C(O)C1O. The molecule has 0 radical (unpaired) electrons. The van der Waals surface area contributed by atoms with Gasteiger partial charge in [0, 0.05) is 12.8 Å². The van der Waals surface area contributed by atoms with E-state index in [2.05, 4.69) is 50.3 Å². The zero-order chi connectivity index (χ0) is 45.5. The van der Waals surface area contributed by atoms with Crippen LogP contribution in [0.4, 0.5) is 0 Å². The Balaban J connectivity index is 2.42. The Kier molecular flexibility index (Phi) is 36.6. The van der Waals surface area contributed by atoms with Gasteiger partial charge in [0.25, 0.3) is 10.1 Å². The lowest BCUT2D eigenvalue weighted by atomic mass is 10.00. The van der Waals surface area contributed by atoms with Crippen molar-refractivity contribution in [2.75, 3.05) is 19.0 Å². The predicted molar refractivity (Wildman–Crippen MR) is 247 cm³/mol. The number of hydrogen-bond acceptors (Lipinski definition) is 11. The molecule has 13 heteroatoms. The van der Waals surface area contributed by atoms with Crippen LogP contribution in [0.1, 0.15) is 206 Å². The molecule has 2 unspecified atom stereocenters. The number of carbonyl (C=O) groups excluding carboxylic acids is 2. The van der Waals surface area contributed by atoms with Crippen molar-refractivity contribution in [3.63, 3.8) is 0 Å². The summed E-state index contributed by atoms with van der Waals surface area (Å²) in [5.74, 6) is -2.00. The molecular weight excluding hydrogens is 813 g/mol. The molecule has 0 aliphatic carbocycles. The fraction of sp³-hybridized carbons (Fsp3) is 0.837. The minimum Gasteiger partial charge on any atom is -0.462 e. The Hall–Kier alpha value is -2.13. The van der Waals surface area contributed by atoms with E-state index >= 15 is 0 Å². The summed E-state index contributed by atoms with van der Waals surface area (Å²) in [6, 6.07) is 0. The Labute approximate surface area is 376 Å². The maximum absolute atomic E-state index is 12.8. The van der Waals surface area contributed by atoms with E-state index in [0.717, 1.165) is 64.2 Å². The van der Waals surface area contributed by atoms with Crippen molar-refractivity contribution in [3.05, 3.63) is 36.5 Å². The second kappa shape index (κ2) is 39.3. The average Bonchev–Trinajstić information content (AvgIpc) is 3.24. The van der Waals surface area contributed by atoms with Gasteiger partial charge in [-0.25, -0.2) is 0 Å². The van der Waals surface area contributed by atoms with Crippen molar-refractivity contribution in [2.24, 2.45) is 0 Å². The van der Waals surface area contributed by atoms with Crippen molar-refractivity contribution in [1.29, 1.82) is 0 Å². The lowest BCUT2D eigenvalue weighted by Crippen LogP contribution is -2.60. The second-order valence-corrected chi connectivity index (χ2v) is 18.6. The zero-order valence-electron chi connectivity index (χ0n) is 38.7. The molecule has 1 aliphatic heterocycles. The molecule has 0 spiro atoms. The monoisotopic (exact) mass is 901 g/mol. The van der Waals surface area contributed by atoms with Gasteiger partial charge in [0.2, 0.25) is 0 Å². The standard InChI is InChI=1S/C49H88O12S/c1-3-5-7-9-11-13-15-17-19-21-23-25-27-29-31-33-35-37-44(50)58-39-42(40-59-49-48(54)47(53)46(52)43(61-49)41-62(55,56)57)60-45(51)38-36-34-32-30-28-26-24-22-20-18-16-14-12-10-8-6-4-2/h12,14,18,20,24,26,42-43,46-49,52-54H,3-11,13,15-17,19,21-23,25,27-41H2,1-2H3,(H,55,56,57)/b14-12+,20-18+,26-24+/t42-,43-,46-,47?,48?,49+/m1/s1. The van der Waals surface area contributed by atoms with Gasteiger partial charge in [0.15, 0.2) is 12.4 Å². The van der Waals surface area contributed by atoms with E-state index in [1.165, 1.54) is 103 Å². The van der Waals surface area contributed by atoms with Crippen molar-refractivity contribution in [3.8, 4) is 0 Å². The molecule has 1 rings (SSSR count). The van der Waals surface area contributed by atoms with Crippen molar-refractivity contribution in [1.82, 2.24) is 0 Å². The van der Waals surface area contributed by atoms with Gasteiger partial charge in [-0.15, -0.1) is 0 Å². The molecule has 12 nitrogen and oxygen atoms in total. The fourth-order valence-corrected chi connectivity index (χ4v) is 8.08. The molecule has 0 aromatic rings. The summed E-state index contributed by atoms with van der Waals surface area (Å²) in [4.78, 5) is 25.5. The maximum Gasteiger partial charge on any atom is 0.306 e. The van der Waals surface area contributed by atoms with Crippen LogP contribution in [0.15, 0.2) is 36.5 Å². The maximum atomic E-state index is 12.8. The van der Waals surface area contributed by atoms with Crippen molar-refractivity contribution >= 4 is 22.1 Å². The Morgan fingerprint density at radius 2 is 0.968 bits per heavy atom. The molecule has 1 heterocycles. The van der Waals surface area contributed by atoms with Gasteiger partial charge in [0.1, 0.15) is 36.8 Å². The number of ether oxygens (including phenoxy) is 4. The molecule has 0 saturated carbocycles. The molecule has 0 bridgehead atoms. The Morgan fingerprint density at radius 3 is 1.47 bits per heavy atom. The third kappa shape index (κ3) is 33.4. The van der Waals surface area contributed by atoms with E-state index in [1.807, 2.05) is 0 Å². The van der Waals surface area contributed by atoms with Crippen LogP contribution >= 0.6 is 0 Å². The van der Waals surface area contributed by atoms with Gasteiger partial charge in [-0.3, -0.25) is 14.1 Å². The normalized spacial score (nSPS) is 20.1. The van der Waals surface area contributed by atoms with Gasteiger partial charge >= 0.3 is 11.9 Å². The highest BCUT2D eigenvalue weighted by molar-refractivity contribution is 7.85. The third-order valence-electron chi connectivity index (χ3n) is 11.2. The molecule has 6 atom stereocenters. The van der Waals surface area contributed by atoms with E-state index in [9.17, 15) is 37.9 Å². The van der Waals surface area contributed by atoms with E-state index in [1.54, 1.807) is 0 Å². The molecule has 1 fully saturated rings. The fourth-order valence-electron chi connectivity index (χ4n) is 7.39. The highest BCUT2D eigenvalue weighted by Crippen LogP contribution is 2.24. The van der Waals surface area contributed by atoms with Crippen LogP contribution in [0.2, 0.25) is 0 Å². The van der Waals surface area contributed by atoms with Gasteiger partial charge < -0.3 is 34.3 Å². The van der Waals surface area contributed by atoms with Gasteiger partial charge in [-0.2, -0.15) is 8.42 Å². The number of aliphatic hydroxyl groups excluding tert-OH is 3. The number of carbonyl (C=O) groups is 2. The summed E-state index contributed by atoms with van der Waals surface area (Å²) >= 11 is 0. The molecule has 0 aromatic heterocycles. The number of hydrogen-bond donors (Lipinski definition) is 4. The summed E-state index contributed by atoms with van der Waals surface area (Å²) in [5.41, 5.74) is 0. The van der Waals surface area contributed by atoms with Crippen molar-refractivity contribution in [2.45, 2.75) is 243 Å². The third-order valence-corrected chi connectivity index (χ3v) is 12.0. The first-order valence-electron chi connectivity index (χ1n) is 24.5. The van der Waals surface area contributed by atoms with Crippen LogP contribution in [-0.4, -0.2) is 96.0 Å². The minimum absolute atomic E-state index is 0.140. The molecule has 1 saturated heterocycles. The lowest BCUT2D eigenvalue weighted by Gasteiger charge is -2.40. The van der Waals surface area contributed by atoms with E-state index in [0.29, 0.717) is 12.8 Å². The minimum atomic E-state index is -4.61. The highest BCUT2D eigenvalue weighted by Gasteiger charge is 2.46. The van der Waals surface area contributed by atoms with Crippen LogP contribution in [0, 0.1) is 0 Å². The number of unbranched alkanes of at least 4 members (excludes halogenated alkanes) is 23. The quantitative estimate of drug-likeness (QED) is 0.0197. The summed E-state index contributed by atoms with van der Waals surface area (Å²) in [5, 5.41) is 30.9. The molecule has 0 amide bonds. The van der Waals surface area contributed by atoms with E-state index < -0.39 is 71.2 Å². The first kappa shape index (κ1) is 57.9. The predicted octanol–water partition coefficient (Wildman–Crippen LogP) is 10.6. The number of rotatable bonds is 41. The van der Waals surface area contributed by atoms with Gasteiger partial charge in [-0.1, -0.05) is 179 Å². The van der Waals surface area contributed by atoms with Crippen LogP contribution in [-0.2, 0) is 38.7 Å². The molecule has 0 aromatic carbocycles. The van der Waals surface area contributed by atoms with E-state index in [-0.39, 0.29) is 19.4 Å². The zero-order valence-corrected chi connectivity index (χ0v) is 39.5. The summed E-state index contributed by atoms with van der Waals surface area (Å²) in [7, 11) is -4.61. The number of allylic oxidation sites excluding steroid dienone is 6. The molecule has 62 heavy (non-hydrogen) atoms. The molecule has 4 N–H and O–H groups in total. The first-order chi connectivity index (χ1) is 30.0. The summed E-state index contributed by atoms with van der Waals surface area (Å²) < 4.78 is 54.1. The van der Waals surface area contributed by atoms with Crippen LogP contribution in [0.3, 0.4) is 0 Å². The molecular formula is C49H88O12S. The van der Waals surface area contributed by atoms with Crippen LogP contribution in [0.5, 0.6) is 0 Å². The van der Waals surface area contributed by atoms with Crippen LogP contribution < -0.4 is 0 Å². The highest BCUT2D eigenvalue weighted by atomic mass is 32.2. The van der Waals surface area contributed by atoms with Gasteiger partial charge in [0.05, 0.1) is 6.61 Å². The van der Waals surface area contributed by atoms with Crippen LogP contribution in [0.25, 0.3) is 0 Å². The second-order valence-electron chi connectivity index (χ2n) is 17.1. The average molecular weight is 901 g/mol. The van der Waals surface area contributed by atoms with Crippen molar-refractivity contribution < 1.29 is 56.8 Å². The van der Waals surface area contributed by atoms with Gasteiger partial charge in [-0.05, 0) is 51.4 Å². The largest absolute Gasteiger partial charge is 0.462 e. The van der Waals surface area contributed by atoms with E-state index in [4.69, 9.17) is 18.9 Å². The smallest absolute Gasteiger partial charge is 0.306 e. The summed E-state index contributed by atoms with van der Waals surface area (Å²) in [6.45, 7) is 3.73. The lowest BCUT2D eigenvalue weighted by molar-refractivity contribution is -0.297. The Bertz CT molecular complexity index is 1290. The first-order valence-corrected chi connectivity index (χ1v) is 26.2. The summed E-state index contributed by atoms with van der Waals surface area (Å²) in [6.07, 6.45) is 36.1. The topological polar surface area (TPSA) is 186 Å². The molecule has 362 valence electrons.